The van der Waals surface area contributed by atoms with Crippen molar-refractivity contribution >= 4 is 35.9 Å². The molecule has 0 heterocycles. The molecule has 13 heteroatoms. The Morgan fingerprint density at radius 2 is 1.16 bits per heavy atom. The number of esters is 5. The summed E-state index contributed by atoms with van der Waals surface area (Å²) in [5, 5.41) is 2.29. The zero-order chi connectivity index (χ0) is 28.4. The molecular formula is C24H33NO12. The normalized spacial score (nSPS) is 9.95. The third-order valence-electron chi connectivity index (χ3n) is 3.96. The molecule has 206 valence electrons. The van der Waals surface area contributed by atoms with Gasteiger partial charge in [-0.25, -0.2) is 19.2 Å². The van der Waals surface area contributed by atoms with Crippen molar-refractivity contribution in [2.24, 2.45) is 0 Å². The van der Waals surface area contributed by atoms with Crippen molar-refractivity contribution in [3.63, 3.8) is 0 Å². The van der Waals surface area contributed by atoms with Crippen LogP contribution in [0.3, 0.4) is 0 Å². The molecule has 0 bridgehead atoms. The fraction of sp³-hybridized carbons (Fsp3) is 0.500. The third-order valence-corrected chi connectivity index (χ3v) is 3.96. The predicted molar refractivity (Wildman–Crippen MR) is 127 cm³/mol. The van der Waals surface area contributed by atoms with Gasteiger partial charge in [0.25, 0.3) is 0 Å². The van der Waals surface area contributed by atoms with Crippen molar-refractivity contribution in [3.8, 4) is 0 Å². The Labute approximate surface area is 214 Å². The van der Waals surface area contributed by atoms with Crippen LogP contribution in [0.15, 0.2) is 36.5 Å². The molecular weight excluding hydrogens is 494 g/mol. The summed E-state index contributed by atoms with van der Waals surface area (Å²) < 4.78 is 29.2. The Bertz CT molecular complexity index is 844. The van der Waals surface area contributed by atoms with Crippen LogP contribution in [0.2, 0.25) is 0 Å². The van der Waals surface area contributed by atoms with Gasteiger partial charge < -0.3 is 33.7 Å². The lowest BCUT2D eigenvalue weighted by Gasteiger charge is -2.17. The van der Waals surface area contributed by atoms with Crippen molar-refractivity contribution < 1.29 is 57.2 Å². The van der Waals surface area contributed by atoms with E-state index in [1.54, 1.807) is 13.8 Å². The maximum Gasteiger partial charge on any atom is 0.407 e. The first-order chi connectivity index (χ1) is 17.4. The molecule has 0 aliphatic carbocycles. The minimum Gasteiger partial charge on any atom is -0.463 e. The number of carbonyl (C=O) groups excluding carboxylic acids is 6. The molecule has 0 aromatic rings. The van der Waals surface area contributed by atoms with Crippen LogP contribution in [-0.2, 0) is 52.4 Å². The Balaban J connectivity index is 4.96. The lowest BCUT2D eigenvalue weighted by molar-refractivity contribution is -0.149. The summed E-state index contributed by atoms with van der Waals surface area (Å²) in [5.41, 5.74) is -0.0610. The first-order valence-electron chi connectivity index (χ1n) is 11.2. The highest BCUT2D eigenvalue weighted by Gasteiger charge is 2.25. The molecule has 0 aliphatic heterocycles. The maximum atomic E-state index is 12.2. The second kappa shape index (κ2) is 18.2. The number of ether oxygens (including phenoxy) is 6. The summed E-state index contributed by atoms with van der Waals surface area (Å²) in [7, 11) is 0. The fourth-order valence-electron chi connectivity index (χ4n) is 2.18. The number of carbonyl (C=O) groups is 6. The topological polar surface area (TPSA) is 170 Å². The number of amides is 1. The number of hydrogen-bond donors (Lipinski definition) is 1. The van der Waals surface area contributed by atoms with Gasteiger partial charge in [-0.1, -0.05) is 19.7 Å². The van der Waals surface area contributed by atoms with Crippen LogP contribution in [0.4, 0.5) is 4.79 Å². The van der Waals surface area contributed by atoms with E-state index in [0.717, 1.165) is 0 Å². The highest BCUT2D eigenvalue weighted by Crippen LogP contribution is 2.10. The van der Waals surface area contributed by atoms with E-state index in [4.69, 9.17) is 28.4 Å². The Morgan fingerprint density at radius 1 is 0.703 bits per heavy atom. The lowest BCUT2D eigenvalue weighted by atomic mass is 10.2. The molecule has 0 rings (SSSR count). The standard InChI is InChI=1S/C24H33NO12/c1-7-32-22(29)16(5)13-35-19(26)11-18(12-20(27)36-14-17(6)23(30)33-8-2)37-24(31)25-9-10-34-21(28)15(3)4/h18H,3,5-14H2,1-2,4H3,(H,25,31). The summed E-state index contributed by atoms with van der Waals surface area (Å²) in [6, 6.07) is 0. The van der Waals surface area contributed by atoms with Gasteiger partial charge in [-0.2, -0.15) is 0 Å². The van der Waals surface area contributed by atoms with Crippen LogP contribution in [-0.4, -0.2) is 81.6 Å². The minimum absolute atomic E-state index is 0.105. The van der Waals surface area contributed by atoms with Gasteiger partial charge in [-0.15, -0.1) is 0 Å². The number of nitrogens with one attached hydrogen (secondary N) is 1. The summed E-state index contributed by atoms with van der Waals surface area (Å²) >= 11 is 0. The van der Waals surface area contributed by atoms with Gasteiger partial charge in [0.2, 0.25) is 0 Å². The Morgan fingerprint density at radius 3 is 1.57 bits per heavy atom. The SMILES string of the molecule is C=C(C)C(=O)OCCNC(=O)OC(CC(=O)OCC(=C)C(=O)OCC)CC(=O)OCC(=C)C(=O)OCC. The van der Waals surface area contributed by atoms with Crippen LogP contribution in [0, 0.1) is 0 Å². The van der Waals surface area contributed by atoms with E-state index in [-0.39, 0.29) is 43.1 Å². The first-order valence-corrected chi connectivity index (χ1v) is 11.2. The van der Waals surface area contributed by atoms with Gasteiger partial charge in [0.05, 0.1) is 43.7 Å². The smallest absolute Gasteiger partial charge is 0.407 e. The van der Waals surface area contributed by atoms with Crippen molar-refractivity contribution in [1.82, 2.24) is 5.32 Å². The van der Waals surface area contributed by atoms with Gasteiger partial charge in [-0.3, -0.25) is 9.59 Å². The van der Waals surface area contributed by atoms with Crippen LogP contribution >= 0.6 is 0 Å². The number of hydrogen-bond acceptors (Lipinski definition) is 12. The van der Waals surface area contributed by atoms with Crippen LogP contribution in [0.25, 0.3) is 0 Å². The summed E-state index contributed by atoms with van der Waals surface area (Å²) in [6.07, 6.45) is -3.53. The second-order valence-corrected chi connectivity index (χ2v) is 7.25. The Hall–Kier alpha value is -4.16. The quantitative estimate of drug-likeness (QED) is 0.125. The predicted octanol–water partition coefficient (Wildman–Crippen LogP) is 1.31. The number of rotatable bonds is 17. The first kappa shape index (κ1) is 32.8. The molecule has 0 aromatic heterocycles. The van der Waals surface area contributed by atoms with Gasteiger partial charge in [-0.05, 0) is 20.8 Å². The van der Waals surface area contributed by atoms with E-state index in [2.05, 4.69) is 25.1 Å². The molecule has 0 saturated carbocycles. The fourth-order valence-corrected chi connectivity index (χ4v) is 2.18. The van der Waals surface area contributed by atoms with Crippen LogP contribution < -0.4 is 5.32 Å². The van der Waals surface area contributed by atoms with E-state index >= 15 is 0 Å². The van der Waals surface area contributed by atoms with Crippen LogP contribution in [0.1, 0.15) is 33.6 Å². The molecule has 0 aliphatic rings. The lowest BCUT2D eigenvalue weighted by Crippen LogP contribution is -2.34. The van der Waals surface area contributed by atoms with Gasteiger partial charge in [0, 0.05) is 5.57 Å². The van der Waals surface area contributed by atoms with Crippen LogP contribution in [0.5, 0.6) is 0 Å². The Kier molecular flexibility index (Phi) is 16.1. The largest absolute Gasteiger partial charge is 0.463 e. The summed E-state index contributed by atoms with van der Waals surface area (Å²) in [6.45, 7) is 13.9. The molecule has 0 saturated heterocycles. The molecule has 0 aromatic carbocycles. The van der Waals surface area contributed by atoms with E-state index < -0.39 is 68.1 Å². The van der Waals surface area contributed by atoms with E-state index in [1.165, 1.54) is 6.92 Å². The molecule has 37 heavy (non-hydrogen) atoms. The zero-order valence-electron chi connectivity index (χ0n) is 21.3. The third kappa shape index (κ3) is 15.4. The molecule has 0 radical (unpaired) electrons. The van der Waals surface area contributed by atoms with Crippen molar-refractivity contribution in [1.29, 1.82) is 0 Å². The molecule has 0 unspecified atom stereocenters. The molecule has 1 amide bonds. The molecule has 1 N–H and O–H groups in total. The highest BCUT2D eigenvalue weighted by atomic mass is 16.6. The van der Waals surface area contributed by atoms with E-state index in [1.807, 2.05) is 0 Å². The maximum absolute atomic E-state index is 12.2. The van der Waals surface area contributed by atoms with Crippen molar-refractivity contribution in [3.05, 3.63) is 36.5 Å². The average Bonchev–Trinajstić information content (AvgIpc) is 2.83. The average molecular weight is 528 g/mol. The number of alkyl carbamates (subject to hydrolysis) is 1. The summed E-state index contributed by atoms with van der Waals surface area (Å²) in [5.74, 6) is -3.97. The monoisotopic (exact) mass is 527 g/mol. The second-order valence-electron chi connectivity index (χ2n) is 7.25. The van der Waals surface area contributed by atoms with Gasteiger partial charge >= 0.3 is 35.9 Å². The molecule has 13 nitrogen and oxygen atoms in total. The zero-order valence-corrected chi connectivity index (χ0v) is 21.3. The van der Waals surface area contributed by atoms with Crippen molar-refractivity contribution in [2.45, 2.75) is 39.7 Å². The highest BCUT2D eigenvalue weighted by molar-refractivity contribution is 5.89. The van der Waals surface area contributed by atoms with Gasteiger partial charge in [0.15, 0.2) is 0 Å². The molecule has 0 fully saturated rings. The minimum atomic E-state index is -1.34. The molecule has 0 atom stereocenters. The van der Waals surface area contributed by atoms with Crippen molar-refractivity contribution in [2.75, 3.05) is 39.6 Å². The van der Waals surface area contributed by atoms with E-state index in [9.17, 15) is 28.8 Å². The molecule has 0 spiro atoms. The summed E-state index contributed by atoms with van der Waals surface area (Å²) in [4.78, 5) is 71.0. The van der Waals surface area contributed by atoms with Gasteiger partial charge in [0.1, 0.15) is 25.9 Å². The van der Waals surface area contributed by atoms with E-state index in [0.29, 0.717) is 0 Å².